The van der Waals surface area contributed by atoms with E-state index < -0.39 is 0 Å². The number of halogens is 2. The number of hydrogen-bond donors (Lipinski definition) is 1. The van der Waals surface area contributed by atoms with Crippen molar-refractivity contribution in [1.82, 2.24) is 5.32 Å². The van der Waals surface area contributed by atoms with E-state index in [-0.39, 0.29) is 0 Å². The van der Waals surface area contributed by atoms with Crippen LogP contribution < -0.4 is 5.32 Å². The third kappa shape index (κ3) is 3.97. The lowest BCUT2D eigenvalue weighted by atomic mass is 10.0. The summed E-state index contributed by atoms with van der Waals surface area (Å²) in [7, 11) is 0. The highest BCUT2D eigenvalue weighted by Crippen LogP contribution is 2.25. The average Bonchev–Trinajstić information content (AvgIpc) is 2.44. The maximum atomic E-state index is 6.15. The smallest absolute Gasteiger partial charge is 0.0637 e. The topological polar surface area (TPSA) is 12.0 Å². The van der Waals surface area contributed by atoms with Crippen molar-refractivity contribution in [3.8, 4) is 0 Å². The van der Waals surface area contributed by atoms with Gasteiger partial charge in [-0.3, -0.25) is 0 Å². The van der Waals surface area contributed by atoms with Crippen LogP contribution in [0.2, 0.25) is 10.0 Å². The lowest BCUT2D eigenvalue weighted by Crippen LogP contribution is -2.19. The first-order valence-electron chi connectivity index (χ1n) is 6.37. The van der Waals surface area contributed by atoms with Crippen LogP contribution in [0.5, 0.6) is 0 Å². The fraction of sp³-hybridized carbons (Fsp3) is 0.250. The zero-order valence-corrected chi connectivity index (χ0v) is 12.4. The van der Waals surface area contributed by atoms with Gasteiger partial charge >= 0.3 is 0 Å². The van der Waals surface area contributed by atoms with Crippen molar-refractivity contribution in [2.24, 2.45) is 0 Å². The van der Waals surface area contributed by atoms with Gasteiger partial charge in [0.05, 0.1) is 10.0 Å². The molecule has 0 saturated heterocycles. The van der Waals surface area contributed by atoms with Gasteiger partial charge in [0, 0.05) is 13.1 Å². The van der Waals surface area contributed by atoms with Gasteiger partial charge in [0.25, 0.3) is 0 Å². The van der Waals surface area contributed by atoms with E-state index in [2.05, 4.69) is 36.5 Å². The summed E-state index contributed by atoms with van der Waals surface area (Å²) in [5.74, 6) is 0.471. The lowest BCUT2D eigenvalue weighted by Gasteiger charge is -2.13. The molecule has 2 aromatic rings. The molecule has 3 heteroatoms. The standard InChI is InChI=1S/C16H17Cl2N/c1-12(13-6-3-2-4-7-13)10-19-11-14-8-5-9-15(17)16(14)18/h2-9,12,19H,10-11H2,1H3. The molecule has 0 radical (unpaired) electrons. The highest BCUT2D eigenvalue weighted by Gasteiger charge is 2.06. The van der Waals surface area contributed by atoms with Gasteiger partial charge in [-0.15, -0.1) is 0 Å². The quantitative estimate of drug-likeness (QED) is 0.828. The van der Waals surface area contributed by atoms with Crippen molar-refractivity contribution in [2.45, 2.75) is 19.4 Å². The molecule has 100 valence electrons. The van der Waals surface area contributed by atoms with Gasteiger partial charge in [-0.2, -0.15) is 0 Å². The third-order valence-corrected chi connectivity index (χ3v) is 4.02. The fourth-order valence-electron chi connectivity index (χ4n) is 2.01. The van der Waals surface area contributed by atoms with Crippen LogP contribution in [0.1, 0.15) is 24.0 Å². The summed E-state index contributed by atoms with van der Waals surface area (Å²) in [4.78, 5) is 0. The second-order valence-corrected chi connectivity index (χ2v) is 5.44. The molecule has 0 amide bonds. The van der Waals surface area contributed by atoms with E-state index in [0.29, 0.717) is 16.0 Å². The van der Waals surface area contributed by atoms with Crippen LogP contribution in [0.4, 0.5) is 0 Å². The van der Waals surface area contributed by atoms with Crippen LogP contribution in [0, 0.1) is 0 Å². The van der Waals surface area contributed by atoms with E-state index in [1.165, 1.54) is 5.56 Å². The Morgan fingerprint density at radius 3 is 2.47 bits per heavy atom. The van der Waals surface area contributed by atoms with Crippen molar-refractivity contribution in [2.75, 3.05) is 6.54 Å². The fourth-order valence-corrected chi connectivity index (χ4v) is 2.39. The van der Waals surface area contributed by atoms with Gasteiger partial charge in [-0.25, -0.2) is 0 Å². The highest BCUT2D eigenvalue weighted by atomic mass is 35.5. The van der Waals surface area contributed by atoms with Crippen LogP contribution in [-0.2, 0) is 6.54 Å². The molecule has 0 aliphatic heterocycles. The van der Waals surface area contributed by atoms with Gasteiger partial charge in [0.1, 0.15) is 0 Å². The van der Waals surface area contributed by atoms with Gasteiger partial charge in [-0.05, 0) is 23.1 Å². The molecule has 2 rings (SSSR count). The summed E-state index contributed by atoms with van der Waals surface area (Å²) in [5, 5.41) is 4.68. The van der Waals surface area contributed by atoms with Gasteiger partial charge < -0.3 is 5.32 Å². The molecule has 0 saturated carbocycles. The van der Waals surface area contributed by atoms with Crippen molar-refractivity contribution in [3.63, 3.8) is 0 Å². The van der Waals surface area contributed by atoms with Gasteiger partial charge in [-0.1, -0.05) is 72.6 Å². The van der Waals surface area contributed by atoms with Crippen molar-refractivity contribution < 1.29 is 0 Å². The van der Waals surface area contributed by atoms with Crippen LogP contribution in [0.25, 0.3) is 0 Å². The Bertz CT molecular complexity index is 526. The first-order chi connectivity index (χ1) is 9.18. The first-order valence-corrected chi connectivity index (χ1v) is 7.12. The molecular formula is C16H17Cl2N. The Kier molecular flexibility index (Phi) is 5.26. The van der Waals surface area contributed by atoms with Gasteiger partial charge in [0.2, 0.25) is 0 Å². The molecule has 0 bridgehead atoms. The SMILES string of the molecule is CC(CNCc1cccc(Cl)c1Cl)c1ccccc1. The number of benzene rings is 2. The van der Waals surface area contributed by atoms with E-state index in [0.717, 1.165) is 18.7 Å². The minimum Gasteiger partial charge on any atom is -0.312 e. The van der Waals surface area contributed by atoms with E-state index in [4.69, 9.17) is 23.2 Å². The average molecular weight is 294 g/mol. The summed E-state index contributed by atoms with van der Waals surface area (Å²) in [5.41, 5.74) is 2.38. The molecule has 0 spiro atoms. The Morgan fingerprint density at radius 2 is 1.74 bits per heavy atom. The molecule has 0 aliphatic carbocycles. The monoisotopic (exact) mass is 293 g/mol. The number of rotatable bonds is 5. The van der Waals surface area contributed by atoms with Crippen LogP contribution in [0.15, 0.2) is 48.5 Å². The first kappa shape index (κ1) is 14.4. The lowest BCUT2D eigenvalue weighted by molar-refractivity contribution is 0.615. The summed E-state index contributed by atoms with van der Waals surface area (Å²) in [6, 6.07) is 16.2. The normalized spacial score (nSPS) is 12.4. The van der Waals surface area contributed by atoms with Crippen LogP contribution in [0.3, 0.4) is 0 Å². The summed E-state index contributed by atoms with van der Waals surface area (Å²) in [6.07, 6.45) is 0. The molecule has 0 aliphatic rings. The summed E-state index contributed by atoms with van der Waals surface area (Å²) in [6.45, 7) is 3.85. The van der Waals surface area contributed by atoms with Crippen LogP contribution >= 0.6 is 23.2 Å². The summed E-state index contributed by atoms with van der Waals surface area (Å²) >= 11 is 12.1. The van der Waals surface area contributed by atoms with Crippen molar-refractivity contribution in [1.29, 1.82) is 0 Å². The Morgan fingerprint density at radius 1 is 1.00 bits per heavy atom. The maximum Gasteiger partial charge on any atom is 0.0637 e. The van der Waals surface area contributed by atoms with E-state index >= 15 is 0 Å². The Labute approximate surface area is 124 Å². The second kappa shape index (κ2) is 6.95. The Balaban J connectivity index is 1.88. The molecule has 1 nitrogen and oxygen atoms in total. The van der Waals surface area contributed by atoms with Crippen molar-refractivity contribution in [3.05, 3.63) is 69.7 Å². The summed E-state index contributed by atoms with van der Waals surface area (Å²) < 4.78 is 0. The number of hydrogen-bond acceptors (Lipinski definition) is 1. The zero-order valence-electron chi connectivity index (χ0n) is 10.9. The molecule has 0 heterocycles. The zero-order chi connectivity index (χ0) is 13.7. The second-order valence-electron chi connectivity index (χ2n) is 4.66. The maximum absolute atomic E-state index is 6.15. The predicted molar refractivity (Wildman–Crippen MR) is 83.0 cm³/mol. The Hall–Kier alpha value is -1.02. The molecule has 1 atom stereocenters. The minimum atomic E-state index is 0.471. The molecular weight excluding hydrogens is 277 g/mol. The molecule has 1 N–H and O–H groups in total. The van der Waals surface area contributed by atoms with Crippen LogP contribution in [-0.4, -0.2) is 6.54 Å². The van der Waals surface area contributed by atoms with E-state index in [9.17, 15) is 0 Å². The van der Waals surface area contributed by atoms with Gasteiger partial charge in [0.15, 0.2) is 0 Å². The molecule has 2 aromatic carbocycles. The molecule has 0 fully saturated rings. The molecule has 1 unspecified atom stereocenters. The third-order valence-electron chi connectivity index (χ3n) is 3.17. The predicted octanol–water partition coefficient (Wildman–Crippen LogP) is 4.89. The highest BCUT2D eigenvalue weighted by molar-refractivity contribution is 6.42. The number of nitrogens with one attached hydrogen (secondary N) is 1. The molecule has 19 heavy (non-hydrogen) atoms. The molecule has 0 aromatic heterocycles. The minimum absolute atomic E-state index is 0.471. The van der Waals surface area contributed by atoms with E-state index in [1.807, 2.05) is 18.2 Å². The van der Waals surface area contributed by atoms with Crippen molar-refractivity contribution >= 4 is 23.2 Å². The largest absolute Gasteiger partial charge is 0.312 e. The van der Waals surface area contributed by atoms with E-state index in [1.54, 1.807) is 6.07 Å².